The fourth-order valence-corrected chi connectivity index (χ4v) is 5.39. The molecule has 4 rings (SSSR count). The van der Waals surface area contributed by atoms with Crippen LogP contribution in [0.25, 0.3) is 10.9 Å². The van der Waals surface area contributed by atoms with E-state index in [-0.39, 0.29) is 40.5 Å². The number of aromatic nitrogens is 2. The van der Waals surface area contributed by atoms with Gasteiger partial charge in [0.1, 0.15) is 16.5 Å². The molecule has 0 bridgehead atoms. The van der Waals surface area contributed by atoms with E-state index in [0.29, 0.717) is 34.5 Å². The summed E-state index contributed by atoms with van der Waals surface area (Å²) in [5.41, 5.74) is -0.174. The van der Waals surface area contributed by atoms with Gasteiger partial charge in [-0.25, -0.2) is 17.4 Å². The molecule has 0 amide bonds. The van der Waals surface area contributed by atoms with Crippen LogP contribution in [0.3, 0.4) is 0 Å². The number of carboxylic acid groups (broad SMARTS) is 1. The van der Waals surface area contributed by atoms with Crippen LogP contribution in [0.2, 0.25) is 5.02 Å². The molecule has 0 saturated heterocycles. The van der Waals surface area contributed by atoms with Gasteiger partial charge in [0.25, 0.3) is 10.0 Å². The number of rotatable bonds is 9. The average Bonchev–Trinajstić information content (AvgIpc) is 3.22. The minimum atomic E-state index is -4.62. The van der Waals surface area contributed by atoms with Gasteiger partial charge in [0.15, 0.2) is 0 Å². The van der Waals surface area contributed by atoms with Crippen molar-refractivity contribution in [2.75, 3.05) is 0 Å². The number of hydrogen-bond acceptors (Lipinski definition) is 6. The van der Waals surface area contributed by atoms with E-state index >= 15 is 0 Å². The number of ether oxygens (including phenoxy) is 2. The summed E-state index contributed by atoms with van der Waals surface area (Å²) >= 11 is 5.88. The van der Waals surface area contributed by atoms with Gasteiger partial charge in [0, 0.05) is 24.2 Å². The van der Waals surface area contributed by atoms with Gasteiger partial charge in [-0.3, -0.25) is 4.79 Å². The summed E-state index contributed by atoms with van der Waals surface area (Å²) in [5.74, 6) is -0.690. The molecule has 2 heterocycles. The van der Waals surface area contributed by atoms with E-state index in [1.807, 2.05) is 13.8 Å². The second-order valence-corrected chi connectivity index (χ2v) is 11.0. The van der Waals surface area contributed by atoms with Crippen LogP contribution in [-0.4, -0.2) is 34.6 Å². The summed E-state index contributed by atoms with van der Waals surface area (Å²) in [7, 11) is -4.13. The summed E-state index contributed by atoms with van der Waals surface area (Å²) in [6.45, 7) is 3.69. The molecule has 0 saturated carbocycles. The summed E-state index contributed by atoms with van der Waals surface area (Å²) < 4.78 is 77.9. The Morgan fingerprint density at radius 3 is 2.36 bits per heavy atom. The van der Waals surface area contributed by atoms with Crippen LogP contribution in [0.5, 0.6) is 17.4 Å². The van der Waals surface area contributed by atoms with Gasteiger partial charge in [-0.2, -0.15) is 13.2 Å². The normalized spacial score (nSPS) is 12.2. The Balaban J connectivity index is 1.66. The molecule has 2 aromatic heterocycles. The maximum absolute atomic E-state index is 13.6. The van der Waals surface area contributed by atoms with Crippen molar-refractivity contribution in [2.45, 2.75) is 43.9 Å². The van der Waals surface area contributed by atoms with E-state index in [4.69, 9.17) is 26.2 Å². The smallest absolute Gasteiger partial charge is 0.417 e. The molecule has 0 radical (unpaired) electrons. The highest BCUT2D eigenvalue weighted by molar-refractivity contribution is 7.90. The predicted molar refractivity (Wildman–Crippen MR) is 137 cm³/mol. The van der Waals surface area contributed by atoms with Crippen molar-refractivity contribution in [3.05, 3.63) is 77.1 Å². The molecule has 2 aromatic carbocycles. The zero-order valence-electron chi connectivity index (χ0n) is 20.6. The first-order valence-corrected chi connectivity index (χ1v) is 13.4. The number of alkyl halides is 3. The molecule has 0 atom stereocenters. The maximum atomic E-state index is 13.6. The van der Waals surface area contributed by atoms with Crippen molar-refractivity contribution in [2.24, 2.45) is 0 Å². The predicted octanol–water partition coefficient (Wildman–Crippen LogP) is 6.54. The number of hydrogen-bond donors (Lipinski definition) is 1. The van der Waals surface area contributed by atoms with E-state index in [0.717, 1.165) is 3.97 Å². The lowest BCUT2D eigenvalue weighted by molar-refractivity contribution is -0.138. The lowest BCUT2D eigenvalue weighted by Crippen LogP contribution is -2.12. The number of pyridine rings is 1. The standard InChI is InChI=1S/C26H22ClF3N2O6S/c1-15(2)37-19-6-9-23-21(12-19)16(3-10-24(33)34)14-32(23)39(35,36)20-7-4-18(5-8-20)38-25-22(27)11-17(13-31-25)26(28,29)30/h4-9,11-15H,3,10H2,1-2H3,(H,33,34). The Morgan fingerprint density at radius 1 is 1.10 bits per heavy atom. The third-order valence-corrected chi connectivity index (χ3v) is 7.49. The summed E-state index contributed by atoms with van der Waals surface area (Å²) in [6.07, 6.45) is -2.86. The molecular weight excluding hydrogens is 561 g/mol. The number of carbonyl (C=O) groups is 1. The van der Waals surface area contributed by atoms with E-state index in [2.05, 4.69) is 4.98 Å². The zero-order chi connectivity index (χ0) is 28.5. The molecule has 0 fully saturated rings. The van der Waals surface area contributed by atoms with E-state index in [1.165, 1.54) is 30.5 Å². The first-order chi connectivity index (χ1) is 18.3. The Morgan fingerprint density at radius 2 is 1.77 bits per heavy atom. The summed E-state index contributed by atoms with van der Waals surface area (Å²) in [4.78, 5) is 14.7. The third-order valence-electron chi connectivity index (χ3n) is 5.53. The van der Waals surface area contributed by atoms with Crippen LogP contribution in [0.4, 0.5) is 13.2 Å². The highest BCUT2D eigenvalue weighted by Crippen LogP contribution is 2.35. The number of carboxylic acids is 1. The van der Waals surface area contributed by atoms with Crippen molar-refractivity contribution in [1.82, 2.24) is 8.96 Å². The van der Waals surface area contributed by atoms with Gasteiger partial charge in [0.05, 0.1) is 22.1 Å². The van der Waals surface area contributed by atoms with Crippen molar-refractivity contribution in [1.29, 1.82) is 0 Å². The van der Waals surface area contributed by atoms with Gasteiger partial charge in [0.2, 0.25) is 5.88 Å². The Bertz CT molecular complexity index is 1630. The second kappa shape index (κ2) is 10.8. The number of fused-ring (bicyclic) bond motifs is 1. The monoisotopic (exact) mass is 582 g/mol. The molecular formula is C26H22ClF3N2O6S. The highest BCUT2D eigenvalue weighted by Gasteiger charge is 2.32. The van der Waals surface area contributed by atoms with Gasteiger partial charge >= 0.3 is 12.1 Å². The molecule has 8 nitrogen and oxygen atoms in total. The lowest BCUT2D eigenvalue weighted by Gasteiger charge is -2.12. The number of aliphatic carboxylic acids is 1. The van der Waals surface area contributed by atoms with Crippen molar-refractivity contribution in [3.63, 3.8) is 0 Å². The number of benzene rings is 2. The van der Waals surface area contributed by atoms with Crippen LogP contribution in [0, 0.1) is 0 Å². The fraction of sp³-hybridized carbons (Fsp3) is 0.231. The number of aryl methyl sites for hydroxylation is 1. The molecule has 0 aliphatic carbocycles. The second-order valence-electron chi connectivity index (χ2n) is 8.78. The Hall–Kier alpha value is -3.77. The van der Waals surface area contributed by atoms with Gasteiger partial charge in [-0.1, -0.05) is 11.6 Å². The van der Waals surface area contributed by atoms with Gasteiger partial charge in [-0.05, 0) is 74.4 Å². The molecule has 0 unspecified atom stereocenters. The van der Waals surface area contributed by atoms with Gasteiger partial charge < -0.3 is 14.6 Å². The molecule has 0 aliphatic heterocycles. The third kappa shape index (κ3) is 6.28. The molecule has 0 spiro atoms. The zero-order valence-corrected chi connectivity index (χ0v) is 22.1. The van der Waals surface area contributed by atoms with Crippen LogP contribution >= 0.6 is 11.6 Å². The van der Waals surface area contributed by atoms with E-state index in [1.54, 1.807) is 18.2 Å². The summed E-state index contributed by atoms with van der Waals surface area (Å²) in [6, 6.07) is 10.7. The molecule has 13 heteroatoms. The van der Waals surface area contributed by atoms with E-state index in [9.17, 15) is 26.4 Å². The first-order valence-electron chi connectivity index (χ1n) is 11.5. The topological polar surface area (TPSA) is 108 Å². The quantitative estimate of drug-likeness (QED) is 0.239. The van der Waals surface area contributed by atoms with Crippen LogP contribution < -0.4 is 9.47 Å². The highest BCUT2D eigenvalue weighted by atomic mass is 35.5. The van der Waals surface area contributed by atoms with Crippen LogP contribution in [0.1, 0.15) is 31.4 Å². The minimum absolute atomic E-state index is 0.0955. The van der Waals surface area contributed by atoms with Crippen LogP contribution in [-0.2, 0) is 27.4 Å². The number of nitrogens with zero attached hydrogens (tertiary/aromatic N) is 2. The average molecular weight is 583 g/mol. The Kier molecular flexibility index (Phi) is 7.80. The SMILES string of the molecule is CC(C)Oc1ccc2c(c1)c(CCC(=O)O)cn2S(=O)(=O)c1ccc(Oc2ncc(C(F)(F)F)cc2Cl)cc1. The lowest BCUT2D eigenvalue weighted by atomic mass is 10.1. The largest absolute Gasteiger partial charge is 0.491 e. The van der Waals surface area contributed by atoms with Crippen molar-refractivity contribution < 1.29 is 41.0 Å². The Labute approximate surface area is 226 Å². The van der Waals surface area contributed by atoms with E-state index < -0.39 is 27.7 Å². The molecule has 0 aliphatic rings. The van der Waals surface area contributed by atoms with Crippen LogP contribution in [0.15, 0.2) is 65.8 Å². The molecule has 39 heavy (non-hydrogen) atoms. The molecule has 4 aromatic rings. The fourth-order valence-electron chi connectivity index (χ4n) is 3.79. The molecule has 206 valence electrons. The first kappa shape index (κ1) is 28.2. The van der Waals surface area contributed by atoms with Gasteiger partial charge in [-0.15, -0.1) is 0 Å². The maximum Gasteiger partial charge on any atom is 0.417 e. The summed E-state index contributed by atoms with van der Waals surface area (Å²) in [5, 5.41) is 9.32. The van der Waals surface area contributed by atoms with Crippen molar-refractivity contribution >= 4 is 38.5 Å². The molecule has 1 N–H and O–H groups in total. The minimum Gasteiger partial charge on any atom is -0.491 e. The van der Waals surface area contributed by atoms with Crippen molar-refractivity contribution in [3.8, 4) is 17.4 Å². The number of halogens is 4.